The van der Waals surface area contributed by atoms with Gasteiger partial charge in [0.2, 0.25) is 0 Å². The molecule has 2 rings (SSSR count). The van der Waals surface area contributed by atoms with Gasteiger partial charge in [0.25, 0.3) is 0 Å². The van der Waals surface area contributed by atoms with Crippen molar-refractivity contribution in [3.63, 3.8) is 0 Å². The van der Waals surface area contributed by atoms with E-state index in [4.69, 9.17) is 16.3 Å². The minimum atomic E-state index is 0.0676. The molecular formula is C15H20ClNO2. The molecule has 3 nitrogen and oxygen atoms in total. The molecule has 1 aliphatic heterocycles. The summed E-state index contributed by atoms with van der Waals surface area (Å²) in [4.78, 5) is 14.5. The Morgan fingerprint density at radius 3 is 3.00 bits per heavy atom. The SMILES string of the molecule is COc1ccc(Cl)c(C(=O)CN2CCCC(C)C2)c1. The summed E-state index contributed by atoms with van der Waals surface area (Å²) in [6.45, 7) is 4.66. The Bertz CT molecular complexity index is 461. The molecule has 0 amide bonds. The van der Waals surface area contributed by atoms with Gasteiger partial charge in [-0.2, -0.15) is 0 Å². The van der Waals surface area contributed by atoms with Gasteiger partial charge in [-0.25, -0.2) is 0 Å². The highest BCUT2D eigenvalue weighted by atomic mass is 35.5. The van der Waals surface area contributed by atoms with Crippen LogP contribution in [0.25, 0.3) is 0 Å². The molecule has 0 bridgehead atoms. The summed E-state index contributed by atoms with van der Waals surface area (Å²) in [6, 6.07) is 5.20. The lowest BCUT2D eigenvalue weighted by Crippen LogP contribution is -2.38. The normalized spacial score (nSPS) is 20.3. The van der Waals surface area contributed by atoms with Crippen molar-refractivity contribution < 1.29 is 9.53 Å². The summed E-state index contributed by atoms with van der Waals surface area (Å²) in [5.41, 5.74) is 0.555. The Morgan fingerprint density at radius 2 is 2.32 bits per heavy atom. The number of rotatable bonds is 4. The van der Waals surface area contributed by atoms with E-state index in [1.807, 2.05) is 0 Å². The monoisotopic (exact) mass is 281 g/mol. The van der Waals surface area contributed by atoms with Crippen LogP contribution in [-0.4, -0.2) is 37.4 Å². The Morgan fingerprint density at radius 1 is 1.53 bits per heavy atom. The lowest BCUT2D eigenvalue weighted by molar-refractivity contribution is 0.0893. The summed E-state index contributed by atoms with van der Waals surface area (Å²) in [6.07, 6.45) is 2.42. The molecule has 0 radical (unpaired) electrons. The van der Waals surface area contributed by atoms with Gasteiger partial charge < -0.3 is 4.74 Å². The molecule has 1 aliphatic rings. The molecule has 1 aromatic carbocycles. The number of benzene rings is 1. The maximum absolute atomic E-state index is 12.3. The van der Waals surface area contributed by atoms with Crippen LogP contribution in [0.5, 0.6) is 5.75 Å². The number of Topliss-reactive ketones (excluding diaryl/α,β-unsaturated/α-hetero) is 1. The minimum absolute atomic E-state index is 0.0676. The second-order valence-corrected chi connectivity index (χ2v) is 5.66. The van der Waals surface area contributed by atoms with Gasteiger partial charge in [0.05, 0.1) is 18.7 Å². The van der Waals surface area contributed by atoms with Crippen molar-refractivity contribution in [2.45, 2.75) is 19.8 Å². The van der Waals surface area contributed by atoms with Crippen molar-refractivity contribution in [1.29, 1.82) is 0 Å². The van der Waals surface area contributed by atoms with E-state index < -0.39 is 0 Å². The quantitative estimate of drug-likeness (QED) is 0.794. The predicted octanol–water partition coefficient (Wildman–Crippen LogP) is 3.26. The first kappa shape index (κ1) is 14.4. The molecule has 1 unspecified atom stereocenters. The van der Waals surface area contributed by atoms with Crippen molar-refractivity contribution in [3.05, 3.63) is 28.8 Å². The summed E-state index contributed by atoms with van der Waals surface area (Å²) in [5.74, 6) is 1.40. The smallest absolute Gasteiger partial charge is 0.178 e. The average Bonchev–Trinajstić information content (AvgIpc) is 2.39. The van der Waals surface area contributed by atoms with Crippen LogP contribution in [0.2, 0.25) is 5.02 Å². The highest BCUT2D eigenvalue weighted by molar-refractivity contribution is 6.34. The molecule has 19 heavy (non-hydrogen) atoms. The second kappa shape index (κ2) is 6.40. The highest BCUT2D eigenvalue weighted by Crippen LogP contribution is 2.23. The summed E-state index contributed by atoms with van der Waals surface area (Å²) in [5, 5.41) is 0.496. The third-order valence-corrected chi connectivity index (χ3v) is 3.91. The fourth-order valence-corrected chi connectivity index (χ4v) is 2.79. The van der Waals surface area contributed by atoms with Crippen molar-refractivity contribution in [2.24, 2.45) is 5.92 Å². The maximum Gasteiger partial charge on any atom is 0.178 e. The van der Waals surface area contributed by atoms with Crippen LogP contribution in [0, 0.1) is 5.92 Å². The fourth-order valence-electron chi connectivity index (χ4n) is 2.56. The molecule has 104 valence electrons. The van der Waals surface area contributed by atoms with E-state index in [2.05, 4.69) is 11.8 Å². The van der Waals surface area contributed by atoms with Gasteiger partial charge in [0, 0.05) is 12.1 Å². The van der Waals surface area contributed by atoms with Crippen LogP contribution < -0.4 is 4.74 Å². The number of ether oxygens (including phenoxy) is 1. The zero-order valence-electron chi connectivity index (χ0n) is 11.5. The van der Waals surface area contributed by atoms with Crippen LogP contribution in [-0.2, 0) is 0 Å². The molecule has 0 N–H and O–H groups in total. The van der Waals surface area contributed by atoms with E-state index in [1.54, 1.807) is 25.3 Å². The van der Waals surface area contributed by atoms with E-state index in [9.17, 15) is 4.79 Å². The van der Waals surface area contributed by atoms with Crippen LogP contribution in [0.1, 0.15) is 30.1 Å². The first-order chi connectivity index (χ1) is 9.10. The zero-order valence-corrected chi connectivity index (χ0v) is 12.2. The van der Waals surface area contributed by atoms with Crippen molar-refractivity contribution >= 4 is 17.4 Å². The van der Waals surface area contributed by atoms with Crippen molar-refractivity contribution in [2.75, 3.05) is 26.7 Å². The molecule has 0 aromatic heterocycles. The Balaban J connectivity index is 2.06. The predicted molar refractivity (Wildman–Crippen MR) is 77.2 cm³/mol. The molecule has 0 aliphatic carbocycles. The standard InChI is InChI=1S/C15H20ClNO2/c1-11-4-3-7-17(9-11)10-15(18)13-8-12(19-2)5-6-14(13)16/h5-6,8,11H,3-4,7,9-10H2,1-2H3. The van der Waals surface area contributed by atoms with Crippen LogP contribution in [0.4, 0.5) is 0 Å². The summed E-state index contributed by atoms with van der Waals surface area (Å²) in [7, 11) is 1.59. The van der Waals surface area contributed by atoms with Gasteiger partial charge in [-0.05, 0) is 43.5 Å². The molecule has 1 aromatic rings. The van der Waals surface area contributed by atoms with Crippen LogP contribution in [0.3, 0.4) is 0 Å². The zero-order chi connectivity index (χ0) is 13.8. The third kappa shape index (κ3) is 3.71. The Kier molecular flexibility index (Phi) is 4.83. The Hall–Kier alpha value is -1.06. The number of ketones is 1. The van der Waals surface area contributed by atoms with Crippen LogP contribution in [0.15, 0.2) is 18.2 Å². The molecule has 4 heteroatoms. The third-order valence-electron chi connectivity index (χ3n) is 3.58. The van der Waals surface area contributed by atoms with Crippen molar-refractivity contribution in [1.82, 2.24) is 4.90 Å². The van der Waals surface area contributed by atoms with E-state index >= 15 is 0 Å². The first-order valence-electron chi connectivity index (χ1n) is 6.69. The number of piperidine rings is 1. The number of likely N-dealkylation sites (tertiary alicyclic amines) is 1. The molecule has 0 spiro atoms. The molecule has 0 saturated carbocycles. The number of carbonyl (C=O) groups excluding carboxylic acids is 1. The maximum atomic E-state index is 12.3. The fraction of sp³-hybridized carbons (Fsp3) is 0.533. The average molecular weight is 282 g/mol. The molecule has 1 fully saturated rings. The number of hydrogen-bond acceptors (Lipinski definition) is 3. The van der Waals surface area contributed by atoms with E-state index in [-0.39, 0.29) is 5.78 Å². The van der Waals surface area contributed by atoms with Gasteiger partial charge in [-0.1, -0.05) is 18.5 Å². The lowest BCUT2D eigenvalue weighted by Gasteiger charge is -2.30. The molecule has 1 atom stereocenters. The van der Waals surface area contributed by atoms with E-state index in [1.165, 1.54) is 12.8 Å². The van der Waals surface area contributed by atoms with Crippen LogP contribution >= 0.6 is 11.6 Å². The number of halogens is 1. The lowest BCUT2D eigenvalue weighted by atomic mass is 9.99. The highest BCUT2D eigenvalue weighted by Gasteiger charge is 2.20. The van der Waals surface area contributed by atoms with Gasteiger partial charge >= 0.3 is 0 Å². The number of carbonyl (C=O) groups is 1. The number of hydrogen-bond donors (Lipinski definition) is 0. The molecule has 1 saturated heterocycles. The first-order valence-corrected chi connectivity index (χ1v) is 7.07. The molecule has 1 heterocycles. The van der Waals surface area contributed by atoms with Gasteiger partial charge in [-0.15, -0.1) is 0 Å². The number of methoxy groups -OCH3 is 1. The van der Waals surface area contributed by atoms with E-state index in [0.29, 0.717) is 28.8 Å². The van der Waals surface area contributed by atoms with Gasteiger partial charge in [0.15, 0.2) is 5.78 Å². The largest absolute Gasteiger partial charge is 0.497 e. The van der Waals surface area contributed by atoms with Gasteiger partial charge in [0.1, 0.15) is 5.75 Å². The number of nitrogens with zero attached hydrogens (tertiary/aromatic N) is 1. The van der Waals surface area contributed by atoms with Gasteiger partial charge in [-0.3, -0.25) is 9.69 Å². The van der Waals surface area contributed by atoms with Crippen molar-refractivity contribution in [3.8, 4) is 5.75 Å². The minimum Gasteiger partial charge on any atom is -0.497 e. The summed E-state index contributed by atoms with van der Waals surface area (Å²) < 4.78 is 5.14. The Labute approximate surface area is 119 Å². The summed E-state index contributed by atoms with van der Waals surface area (Å²) >= 11 is 6.10. The topological polar surface area (TPSA) is 29.5 Å². The van der Waals surface area contributed by atoms with E-state index in [0.717, 1.165) is 13.1 Å². The molecular weight excluding hydrogens is 262 g/mol. The second-order valence-electron chi connectivity index (χ2n) is 5.25.